The zero-order valence-corrected chi connectivity index (χ0v) is 18.5. The number of nitrogens with zero attached hydrogens (tertiary/aromatic N) is 4. The van der Waals surface area contributed by atoms with E-state index in [2.05, 4.69) is 16.7 Å². The van der Waals surface area contributed by atoms with Crippen LogP contribution in [0.4, 0.5) is 0 Å². The van der Waals surface area contributed by atoms with E-state index in [-0.39, 0.29) is 6.04 Å². The third kappa shape index (κ3) is 4.18. The number of morpholine rings is 1. The van der Waals surface area contributed by atoms with Crippen LogP contribution in [0.5, 0.6) is 0 Å². The molecule has 4 rings (SSSR count). The average Bonchev–Trinajstić information content (AvgIpc) is 2.97. The predicted octanol–water partition coefficient (Wildman–Crippen LogP) is 2.39. The van der Waals surface area contributed by atoms with Gasteiger partial charge in [0.25, 0.3) is 0 Å². The molecule has 28 heavy (non-hydrogen) atoms. The smallest absolute Gasteiger partial charge is 0.122 e. The van der Waals surface area contributed by atoms with Crippen LogP contribution >= 0.6 is 11.8 Å². The van der Waals surface area contributed by atoms with Crippen molar-refractivity contribution < 1.29 is 9.84 Å². The van der Waals surface area contributed by atoms with Gasteiger partial charge in [0.1, 0.15) is 11.7 Å². The highest BCUT2D eigenvalue weighted by Crippen LogP contribution is 2.43. The number of amidine groups is 2. The second-order valence-corrected chi connectivity index (χ2v) is 10.3. The summed E-state index contributed by atoms with van der Waals surface area (Å²) in [7, 11) is 0. The quantitative estimate of drug-likeness (QED) is 0.780. The fourth-order valence-electron chi connectivity index (χ4n) is 4.73. The summed E-state index contributed by atoms with van der Waals surface area (Å²) in [6.07, 6.45) is 2.15. The summed E-state index contributed by atoms with van der Waals surface area (Å²) in [4.78, 5) is 16.2. The molecule has 1 N–H and O–H groups in total. The van der Waals surface area contributed by atoms with Gasteiger partial charge in [-0.2, -0.15) is 0 Å². The zero-order chi connectivity index (χ0) is 19.9. The predicted molar refractivity (Wildman–Crippen MR) is 116 cm³/mol. The molecule has 0 aromatic rings. The van der Waals surface area contributed by atoms with E-state index in [4.69, 9.17) is 14.7 Å². The monoisotopic (exact) mass is 406 g/mol. The Morgan fingerprint density at radius 1 is 1.14 bits per heavy atom. The highest BCUT2D eigenvalue weighted by Gasteiger charge is 2.41. The number of ether oxygens (including phenoxy) is 1. The van der Waals surface area contributed by atoms with Crippen molar-refractivity contribution in [1.29, 1.82) is 0 Å². The van der Waals surface area contributed by atoms with Gasteiger partial charge >= 0.3 is 0 Å². The van der Waals surface area contributed by atoms with Crippen molar-refractivity contribution in [3.8, 4) is 0 Å². The summed E-state index contributed by atoms with van der Waals surface area (Å²) in [5, 5.41) is 10.6. The number of piperidine rings is 1. The van der Waals surface area contributed by atoms with Gasteiger partial charge in [0.2, 0.25) is 0 Å². The lowest BCUT2D eigenvalue weighted by molar-refractivity contribution is -0.0111. The maximum absolute atomic E-state index is 10.3. The normalized spacial score (nSPS) is 30.4. The first-order valence-corrected chi connectivity index (χ1v) is 11.5. The molecule has 4 aliphatic rings. The molecular formula is C21H34N4O2S. The Morgan fingerprint density at radius 2 is 1.82 bits per heavy atom. The number of likely N-dealkylation sites (tertiary alicyclic amines) is 1. The minimum Gasteiger partial charge on any atom is -0.390 e. The van der Waals surface area contributed by atoms with E-state index in [0.717, 1.165) is 64.6 Å². The standard InChI is InChI=1S/C21H34N4O2S/c1-14-17(13-24-7-5-16(6-8-24)21(3,4)26)28-19-18(14)22-15(2)23-20(19)25-9-11-27-12-10-25/h16,18-19,26H,5-13H2,1-4H3. The second kappa shape index (κ2) is 8.09. The van der Waals surface area contributed by atoms with Crippen LogP contribution in [0.1, 0.15) is 40.5 Å². The topological polar surface area (TPSA) is 60.7 Å². The van der Waals surface area contributed by atoms with Crippen LogP contribution in [0.15, 0.2) is 20.5 Å². The average molecular weight is 407 g/mol. The molecule has 2 atom stereocenters. The number of aliphatic imine (C=N–C) groups is 2. The fraction of sp³-hybridized carbons (Fsp3) is 0.810. The SMILES string of the molecule is CC1=NC2C(C)=C(CN3CCC(C(C)(C)O)CC3)SC2C(N2CCOCC2)=N1. The zero-order valence-electron chi connectivity index (χ0n) is 17.6. The molecule has 7 heteroatoms. The molecule has 0 spiro atoms. The summed E-state index contributed by atoms with van der Waals surface area (Å²) in [6, 6.07) is 0.226. The Morgan fingerprint density at radius 3 is 2.46 bits per heavy atom. The molecule has 0 bridgehead atoms. The van der Waals surface area contributed by atoms with Crippen LogP contribution in [0.2, 0.25) is 0 Å². The first-order valence-electron chi connectivity index (χ1n) is 10.6. The van der Waals surface area contributed by atoms with Gasteiger partial charge in [-0.05, 0) is 65.1 Å². The molecule has 0 saturated carbocycles. The number of hydrogen-bond acceptors (Lipinski definition) is 7. The van der Waals surface area contributed by atoms with Crippen LogP contribution < -0.4 is 0 Å². The van der Waals surface area contributed by atoms with Crippen LogP contribution in [-0.2, 0) is 4.74 Å². The third-order valence-corrected chi connectivity index (χ3v) is 8.04. The Balaban J connectivity index is 1.43. The molecule has 0 radical (unpaired) electrons. The van der Waals surface area contributed by atoms with E-state index < -0.39 is 5.60 Å². The Bertz CT molecular complexity index is 683. The van der Waals surface area contributed by atoms with Crippen molar-refractivity contribution in [1.82, 2.24) is 9.80 Å². The van der Waals surface area contributed by atoms with Gasteiger partial charge in [0.15, 0.2) is 0 Å². The maximum atomic E-state index is 10.3. The van der Waals surface area contributed by atoms with E-state index in [1.165, 1.54) is 16.3 Å². The molecule has 0 aromatic carbocycles. The molecule has 0 aromatic heterocycles. The van der Waals surface area contributed by atoms with Crippen LogP contribution in [0, 0.1) is 5.92 Å². The van der Waals surface area contributed by atoms with Crippen molar-refractivity contribution in [3.63, 3.8) is 0 Å². The Labute approximate surface area is 173 Å². The van der Waals surface area contributed by atoms with Crippen molar-refractivity contribution in [2.75, 3.05) is 45.9 Å². The van der Waals surface area contributed by atoms with Crippen molar-refractivity contribution >= 4 is 23.4 Å². The largest absolute Gasteiger partial charge is 0.390 e. The molecule has 4 heterocycles. The minimum atomic E-state index is -0.561. The number of thioether (sulfide) groups is 1. The summed E-state index contributed by atoms with van der Waals surface area (Å²) in [5.74, 6) is 2.50. The van der Waals surface area contributed by atoms with Crippen molar-refractivity contribution in [2.24, 2.45) is 15.9 Å². The lowest BCUT2D eigenvalue weighted by Gasteiger charge is -2.38. The summed E-state index contributed by atoms with van der Waals surface area (Å²) in [5.41, 5.74) is 0.855. The van der Waals surface area contributed by atoms with Gasteiger partial charge in [-0.1, -0.05) is 0 Å². The first kappa shape index (κ1) is 20.4. The Kier molecular flexibility index (Phi) is 5.89. The highest BCUT2D eigenvalue weighted by atomic mass is 32.2. The van der Waals surface area contributed by atoms with E-state index >= 15 is 0 Å². The molecule has 156 valence electrons. The van der Waals surface area contributed by atoms with Gasteiger partial charge in [-0.3, -0.25) is 9.89 Å². The van der Waals surface area contributed by atoms with E-state index in [0.29, 0.717) is 11.2 Å². The Hall–Kier alpha value is -0.890. The van der Waals surface area contributed by atoms with Crippen molar-refractivity contribution in [2.45, 2.75) is 57.4 Å². The molecule has 2 fully saturated rings. The molecule has 2 saturated heterocycles. The molecule has 0 amide bonds. The van der Waals surface area contributed by atoms with Crippen LogP contribution in [0.3, 0.4) is 0 Å². The van der Waals surface area contributed by atoms with Crippen LogP contribution in [-0.4, -0.2) is 89.4 Å². The number of hydrogen-bond donors (Lipinski definition) is 1. The van der Waals surface area contributed by atoms with E-state index in [9.17, 15) is 5.11 Å². The summed E-state index contributed by atoms with van der Waals surface area (Å²) < 4.78 is 5.54. The lowest BCUT2D eigenvalue weighted by atomic mass is 9.83. The van der Waals surface area contributed by atoms with Gasteiger partial charge in [0, 0.05) is 24.5 Å². The summed E-state index contributed by atoms with van der Waals surface area (Å²) >= 11 is 1.97. The highest BCUT2D eigenvalue weighted by molar-refractivity contribution is 8.04. The second-order valence-electron chi connectivity index (χ2n) is 9.04. The fourth-order valence-corrected chi connectivity index (χ4v) is 6.30. The molecule has 6 nitrogen and oxygen atoms in total. The van der Waals surface area contributed by atoms with E-state index in [1.54, 1.807) is 0 Å². The maximum Gasteiger partial charge on any atom is 0.122 e. The molecule has 2 unspecified atom stereocenters. The van der Waals surface area contributed by atoms with Crippen molar-refractivity contribution in [3.05, 3.63) is 10.5 Å². The number of fused-ring (bicyclic) bond motifs is 1. The van der Waals surface area contributed by atoms with Gasteiger partial charge in [0.05, 0.1) is 30.1 Å². The van der Waals surface area contributed by atoms with Gasteiger partial charge < -0.3 is 14.7 Å². The van der Waals surface area contributed by atoms with E-state index in [1.807, 2.05) is 32.5 Å². The summed E-state index contributed by atoms with van der Waals surface area (Å²) in [6.45, 7) is 14.7. The van der Waals surface area contributed by atoms with Gasteiger partial charge in [-0.15, -0.1) is 11.8 Å². The lowest BCUT2D eigenvalue weighted by Crippen LogP contribution is -2.48. The third-order valence-electron chi connectivity index (χ3n) is 6.59. The molecule has 4 aliphatic heterocycles. The minimum absolute atomic E-state index is 0.226. The number of aliphatic hydroxyl groups is 1. The number of rotatable bonds is 3. The van der Waals surface area contributed by atoms with Crippen LogP contribution in [0.25, 0.3) is 0 Å². The molecular weight excluding hydrogens is 372 g/mol. The molecule has 0 aliphatic carbocycles. The van der Waals surface area contributed by atoms with Gasteiger partial charge in [-0.25, -0.2) is 4.99 Å². The first-order chi connectivity index (χ1) is 13.3.